The average Bonchev–Trinajstić information content (AvgIpc) is 2.97. The van der Waals surface area contributed by atoms with Gasteiger partial charge in [-0.2, -0.15) is 0 Å². The Morgan fingerprint density at radius 2 is 2.06 bits per heavy atom. The Kier molecular flexibility index (Phi) is 2.50. The molecule has 2 fully saturated rings. The van der Waals surface area contributed by atoms with Crippen LogP contribution in [0.1, 0.15) is 31.2 Å². The lowest BCUT2D eigenvalue weighted by atomic mass is 9.56. The van der Waals surface area contributed by atoms with Crippen molar-refractivity contribution in [2.45, 2.75) is 31.1 Å². The minimum atomic E-state index is -0.150. The van der Waals surface area contributed by atoms with Crippen molar-refractivity contribution in [1.29, 1.82) is 0 Å². The molecular formula is C14H17ClFN. The van der Waals surface area contributed by atoms with Gasteiger partial charge in [0, 0.05) is 22.5 Å². The van der Waals surface area contributed by atoms with Crippen molar-refractivity contribution in [1.82, 2.24) is 5.32 Å². The molecule has 0 saturated heterocycles. The first-order valence-corrected chi connectivity index (χ1v) is 6.58. The van der Waals surface area contributed by atoms with Crippen molar-refractivity contribution in [3.8, 4) is 0 Å². The van der Waals surface area contributed by atoms with E-state index in [1.807, 2.05) is 7.05 Å². The van der Waals surface area contributed by atoms with Gasteiger partial charge in [0.2, 0.25) is 0 Å². The number of nitrogens with one attached hydrogen (secondary N) is 1. The number of hydrogen-bond donors (Lipinski definition) is 1. The molecule has 0 amide bonds. The van der Waals surface area contributed by atoms with Crippen molar-refractivity contribution in [3.63, 3.8) is 0 Å². The summed E-state index contributed by atoms with van der Waals surface area (Å²) in [6.07, 6.45) is 4.79. The van der Waals surface area contributed by atoms with Gasteiger partial charge >= 0.3 is 0 Å². The molecule has 1 N–H and O–H groups in total. The van der Waals surface area contributed by atoms with E-state index in [9.17, 15) is 4.39 Å². The predicted octanol–water partition coefficient (Wildman–Crippen LogP) is 3.51. The summed E-state index contributed by atoms with van der Waals surface area (Å²) in [5, 5.41) is 3.78. The number of halogens is 2. The van der Waals surface area contributed by atoms with Crippen LogP contribution in [-0.2, 0) is 5.41 Å². The summed E-state index contributed by atoms with van der Waals surface area (Å²) in [6, 6.07) is 5.01. The fourth-order valence-corrected chi connectivity index (χ4v) is 4.01. The van der Waals surface area contributed by atoms with Gasteiger partial charge in [-0.05, 0) is 50.3 Å². The standard InChI is InChI=1S/C14H17ClFN/c1-17-9-14(7-13(8-14)5-6-13)12-10(15)3-2-4-11(12)16/h2-4,17H,5-9H2,1H3. The maximum atomic E-state index is 14.1. The SMILES string of the molecule is CNCC1(c2c(F)cccc2Cl)CC2(CC2)C1. The van der Waals surface area contributed by atoms with Crippen molar-refractivity contribution in [2.75, 3.05) is 13.6 Å². The van der Waals surface area contributed by atoms with Gasteiger partial charge in [0.1, 0.15) is 5.82 Å². The Morgan fingerprint density at radius 3 is 2.59 bits per heavy atom. The van der Waals surface area contributed by atoms with Crippen LogP contribution in [0.5, 0.6) is 0 Å². The van der Waals surface area contributed by atoms with E-state index in [2.05, 4.69) is 5.32 Å². The van der Waals surface area contributed by atoms with E-state index in [4.69, 9.17) is 11.6 Å². The summed E-state index contributed by atoms with van der Waals surface area (Å²) in [7, 11) is 1.92. The second kappa shape index (κ2) is 3.69. The maximum absolute atomic E-state index is 14.1. The second-order valence-electron chi connectivity index (χ2n) is 5.76. The molecule has 1 aromatic rings. The molecule has 3 heteroatoms. The summed E-state index contributed by atoms with van der Waals surface area (Å²) in [4.78, 5) is 0. The summed E-state index contributed by atoms with van der Waals surface area (Å²) >= 11 is 6.21. The zero-order valence-corrected chi connectivity index (χ0v) is 10.8. The summed E-state index contributed by atoms with van der Waals surface area (Å²) < 4.78 is 14.1. The molecule has 0 heterocycles. The molecule has 2 aliphatic carbocycles. The third-order valence-electron chi connectivity index (χ3n) is 4.39. The van der Waals surface area contributed by atoms with Crippen LogP contribution < -0.4 is 5.32 Å². The Bertz CT molecular complexity index is 425. The lowest BCUT2D eigenvalue weighted by Gasteiger charge is -2.49. The number of benzene rings is 1. The largest absolute Gasteiger partial charge is 0.319 e. The first kappa shape index (κ1) is 11.5. The van der Waals surface area contributed by atoms with Crippen molar-refractivity contribution < 1.29 is 4.39 Å². The highest BCUT2D eigenvalue weighted by atomic mass is 35.5. The third-order valence-corrected chi connectivity index (χ3v) is 4.71. The van der Waals surface area contributed by atoms with Crippen LogP contribution in [0.15, 0.2) is 18.2 Å². The molecule has 2 saturated carbocycles. The van der Waals surface area contributed by atoms with E-state index in [0.29, 0.717) is 10.4 Å². The van der Waals surface area contributed by atoms with Crippen LogP contribution in [-0.4, -0.2) is 13.6 Å². The number of rotatable bonds is 3. The van der Waals surface area contributed by atoms with E-state index >= 15 is 0 Å². The Hall–Kier alpha value is -0.600. The van der Waals surface area contributed by atoms with Crippen LogP contribution in [0, 0.1) is 11.2 Å². The molecule has 2 aliphatic rings. The van der Waals surface area contributed by atoms with Crippen molar-refractivity contribution >= 4 is 11.6 Å². The van der Waals surface area contributed by atoms with Gasteiger partial charge in [0.25, 0.3) is 0 Å². The molecule has 0 aliphatic heterocycles. The number of hydrogen-bond acceptors (Lipinski definition) is 1. The highest BCUT2D eigenvalue weighted by Crippen LogP contribution is 2.69. The van der Waals surface area contributed by atoms with Gasteiger partial charge in [-0.1, -0.05) is 17.7 Å². The molecule has 0 radical (unpaired) electrons. The van der Waals surface area contributed by atoms with Gasteiger partial charge in [-0.3, -0.25) is 0 Å². The van der Waals surface area contributed by atoms with Crippen LogP contribution in [0.2, 0.25) is 5.02 Å². The summed E-state index contributed by atoms with van der Waals surface area (Å²) in [5.41, 5.74) is 1.18. The Morgan fingerprint density at radius 1 is 1.35 bits per heavy atom. The number of likely N-dealkylation sites (N-methyl/N-ethyl adjacent to an activating group) is 1. The smallest absolute Gasteiger partial charge is 0.128 e. The molecule has 1 aromatic carbocycles. The van der Waals surface area contributed by atoms with E-state index in [1.165, 1.54) is 18.9 Å². The Labute approximate surface area is 106 Å². The maximum Gasteiger partial charge on any atom is 0.128 e. The lowest BCUT2D eigenvalue weighted by molar-refractivity contribution is 0.115. The normalized spacial score (nSPS) is 23.5. The minimum absolute atomic E-state index is 0.0757. The quantitative estimate of drug-likeness (QED) is 0.869. The van der Waals surface area contributed by atoms with Crippen molar-refractivity contribution in [3.05, 3.63) is 34.6 Å². The van der Waals surface area contributed by atoms with Crippen molar-refractivity contribution in [2.24, 2.45) is 5.41 Å². The third kappa shape index (κ3) is 1.69. The van der Waals surface area contributed by atoms with Crippen LogP contribution in [0.25, 0.3) is 0 Å². The molecule has 92 valence electrons. The molecule has 0 unspecified atom stereocenters. The zero-order chi connectivity index (χ0) is 12.1. The molecular weight excluding hydrogens is 237 g/mol. The predicted molar refractivity (Wildman–Crippen MR) is 67.9 cm³/mol. The van der Waals surface area contributed by atoms with E-state index in [0.717, 1.165) is 24.9 Å². The summed E-state index contributed by atoms with van der Waals surface area (Å²) in [5.74, 6) is -0.150. The highest BCUT2D eigenvalue weighted by molar-refractivity contribution is 6.31. The highest BCUT2D eigenvalue weighted by Gasteiger charge is 2.61. The molecule has 17 heavy (non-hydrogen) atoms. The van der Waals surface area contributed by atoms with Gasteiger partial charge in [0.05, 0.1) is 0 Å². The first-order chi connectivity index (χ1) is 8.11. The Balaban J connectivity index is 1.99. The minimum Gasteiger partial charge on any atom is -0.319 e. The second-order valence-corrected chi connectivity index (χ2v) is 6.17. The van der Waals surface area contributed by atoms with E-state index in [-0.39, 0.29) is 11.2 Å². The first-order valence-electron chi connectivity index (χ1n) is 6.20. The van der Waals surface area contributed by atoms with E-state index in [1.54, 1.807) is 12.1 Å². The lowest BCUT2D eigenvalue weighted by Crippen LogP contribution is -2.49. The average molecular weight is 254 g/mol. The topological polar surface area (TPSA) is 12.0 Å². The fourth-order valence-electron chi connectivity index (χ4n) is 3.65. The van der Waals surface area contributed by atoms with Gasteiger partial charge in [-0.15, -0.1) is 0 Å². The van der Waals surface area contributed by atoms with Crippen LogP contribution in [0.3, 0.4) is 0 Å². The van der Waals surface area contributed by atoms with Crippen LogP contribution in [0.4, 0.5) is 4.39 Å². The fraction of sp³-hybridized carbons (Fsp3) is 0.571. The molecule has 0 aromatic heterocycles. The monoisotopic (exact) mass is 253 g/mol. The van der Waals surface area contributed by atoms with Crippen LogP contribution >= 0.6 is 11.6 Å². The van der Waals surface area contributed by atoms with Gasteiger partial charge in [0.15, 0.2) is 0 Å². The molecule has 0 bridgehead atoms. The molecule has 1 nitrogen and oxygen atoms in total. The summed E-state index contributed by atoms with van der Waals surface area (Å²) in [6.45, 7) is 0.815. The molecule has 3 rings (SSSR count). The molecule has 0 atom stereocenters. The van der Waals surface area contributed by atoms with Gasteiger partial charge in [-0.25, -0.2) is 4.39 Å². The zero-order valence-electron chi connectivity index (χ0n) is 10.0. The molecule has 1 spiro atoms. The van der Waals surface area contributed by atoms with Gasteiger partial charge < -0.3 is 5.32 Å². The van der Waals surface area contributed by atoms with E-state index < -0.39 is 0 Å².